The molecule has 5 aromatic rings. The number of benzene rings is 5. The van der Waals surface area contributed by atoms with E-state index in [0.717, 1.165) is 68.7 Å². The highest BCUT2D eigenvalue weighted by atomic mass is 79.9. The normalized spacial score (nSPS) is 10.0. The molecule has 0 radical (unpaired) electrons. The van der Waals surface area contributed by atoms with Gasteiger partial charge >= 0.3 is 14.2 Å². The monoisotopic (exact) mass is 890 g/mol. The number of aldehydes is 3. The maximum Gasteiger partial charge on any atom is 0.488 e. The number of hydrogen-bond acceptors (Lipinski definition) is 8. The first-order valence-corrected chi connectivity index (χ1v) is 20.8. The highest BCUT2D eigenvalue weighted by Crippen LogP contribution is 2.29. The van der Waals surface area contributed by atoms with Crippen LogP contribution in [0.25, 0.3) is 22.3 Å². The van der Waals surface area contributed by atoms with Gasteiger partial charge in [-0.05, 0) is 94.9 Å². The molecule has 58 heavy (non-hydrogen) atoms. The van der Waals surface area contributed by atoms with Gasteiger partial charge in [-0.2, -0.15) is 0 Å². The van der Waals surface area contributed by atoms with Crippen molar-refractivity contribution in [1.29, 1.82) is 0 Å². The molecule has 5 rings (SSSR count). The van der Waals surface area contributed by atoms with Crippen molar-refractivity contribution in [3.05, 3.63) is 135 Å². The fraction of sp³-hybridized carbons (Fsp3) is 0.267. The lowest BCUT2D eigenvalue weighted by Gasteiger charge is -2.11. The molecule has 4 N–H and O–H groups in total. The van der Waals surface area contributed by atoms with E-state index in [-0.39, 0.29) is 5.34 Å². The molecule has 5 aromatic carbocycles. The first-order chi connectivity index (χ1) is 27.9. The van der Waals surface area contributed by atoms with Crippen molar-refractivity contribution in [1.82, 2.24) is 0 Å². The molecule has 0 heterocycles. The van der Waals surface area contributed by atoms with E-state index in [0.29, 0.717) is 34.4 Å². The van der Waals surface area contributed by atoms with E-state index in [1.54, 1.807) is 0 Å². The van der Waals surface area contributed by atoms with Gasteiger partial charge in [-0.3, -0.25) is 14.4 Å². The topological polar surface area (TPSA) is 141 Å². The molecule has 306 valence electrons. The zero-order chi connectivity index (χ0) is 42.9. The Labute approximate surface area is 361 Å². The fourth-order valence-corrected chi connectivity index (χ4v) is 5.95. The van der Waals surface area contributed by atoms with Gasteiger partial charge in [0.25, 0.3) is 0 Å². The van der Waals surface area contributed by atoms with Crippen LogP contribution in [0.1, 0.15) is 94.1 Å². The number of unbranched alkanes of at least 4 members (excludes halogenated alkanes) is 6. The predicted octanol–water partition coefficient (Wildman–Crippen LogP) is 9.12. The van der Waals surface area contributed by atoms with Crippen LogP contribution in [-0.2, 0) is 0 Å². The Hall–Kier alpha value is -4.06. The summed E-state index contributed by atoms with van der Waals surface area (Å²) in [6, 6.07) is 31.2. The van der Waals surface area contributed by atoms with Gasteiger partial charge in [-0.1, -0.05) is 134 Å². The van der Waals surface area contributed by atoms with E-state index in [9.17, 15) is 14.4 Å². The average Bonchev–Trinajstić information content (AvgIpc) is 3.23. The van der Waals surface area contributed by atoms with Crippen LogP contribution < -0.4 is 15.7 Å². The Morgan fingerprint density at radius 3 is 1.40 bits per heavy atom. The summed E-state index contributed by atoms with van der Waals surface area (Å²) < 4.78 is 6.84. The van der Waals surface area contributed by atoms with Gasteiger partial charge < -0.3 is 24.8 Å². The molecule has 0 aliphatic carbocycles. The van der Waals surface area contributed by atoms with Crippen LogP contribution in [-0.4, -0.2) is 65.1 Å². The summed E-state index contributed by atoms with van der Waals surface area (Å²) in [6.07, 6.45) is 11.3. The van der Waals surface area contributed by atoms with Crippen LogP contribution in [0.4, 0.5) is 0 Å². The van der Waals surface area contributed by atoms with Crippen molar-refractivity contribution >= 4 is 83.2 Å². The van der Waals surface area contributed by atoms with Gasteiger partial charge in [0.2, 0.25) is 0 Å². The smallest absolute Gasteiger partial charge is 0.488 e. The average molecular weight is 892 g/mol. The van der Waals surface area contributed by atoms with Gasteiger partial charge in [-0.15, -0.1) is 23.2 Å². The van der Waals surface area contributed by atoms with E-state index in [2.05, 4.69) is 22.9 Å². The summed E-state index contributed by atoms with van der Waals surface area (Å²) in [5.41, 5.74) is 8.72. The lowest BCUT2D eigenvalue weighted by molar-refractivity contribution is 0.111. The summed E-state index contributed by atoms with van der Waals surface area (Å²) in [6.45, 7) is 6.72. The molecule has 0 spiro atoms. The summed E-state index contributed by atoms with van der Waals surface area (Å²) in [5.74, 6) is 0.650. The number of halogens is 3. The van der Waals surface area contributed by atoms with Crippen LogP contribution in [0.3, 0.4) is 0 Å². The number of carbonyl (C=O) groups excluding carboxylic acids is 3. The van der Waals surface area contributed by atoms with E-state index in [4.69, 9.17) is 48.0 Å². The zero-order valence-corrected chi connectivity index (χ0v) is 36.2. The molecule has 0 unspecified atom stereocenters. The maximum absolute atomic E-state index is 11.7. The molecule has 13 heteroatoms. The predicted molar refractivity (Wildman–Crippen MR) is 243 cm³/mol. The van der Waals surface area contributed by atoms with Crippen LogP contribution in [0.5, 0.6) is 5.75 Å². The Morgan fingerprint density at radius 1 is 0.552 bits per heavy atom. The van der Waals surface area contributed by atoms with Crippen LogP contribution >= 0.6 is 39.1 Å². The van der Waals surface area contributed by atoms with Crippen molar-refractivity contribution < 1.29 is 39.2 Å². The minimum atomic E-state index is -1.52. The molecule has 0 atom stereocenters. The molecule has 0 aromatic heterocycles. The highest BCUT2D eigenvalue weighted by Gasteiger charge is 2.14. The third kappa shape index (κ3) is 17.8. The number of ether oxygens (including phenoxy) is 1. The number of alkyl halides is 2. The summed E-state index contributed by atoms with van der Waals surface area (Å²) in [4.78, 5) is 33.3. The number of hydrogen-bond donors (Lipinski definition) is 4. The van der Waals surface area contributed by atoms with E-state index in [1.807, 2.05) is 92.7 Å². The first kappa shape index (κ1) is 50.1. The lowest BCUT2D eigenvalue weighted by atomic mass is 9.75. The molecule has 0 bridgehead atoms. The van der Waals surface area contributed by atoms with E-state index in [1.165, 1.54) is 62.8 Å². The SMILES string of the molecule is CCCCCCCCCOc1ccc(-c2ccc(-c3ccc(C)c(C=O)c3)cc2)cc1C=O.Cc1ccc(Br)cc1C=O.ClCCl.OB(O)c1ccc(B(O)O)cc1. The Balaban J connectivity index is 0.000000375. The quantitative estimate of drug-likeness (QED) is 0.0333. The van der Waals surface area contributed by atoms with Gasteiger partial charge in [0.05, 0.1) is 17.5 Å². The lowest BCUT2D eigenvalue weighted by Crippen LogP contribution is -2.34. The molecular weight excluding hydrogens is 841 g/mol. The van der Waals surface area contributed by atoms with Crippen LogP contribution in [0.2, 0.25) is 0 Å². The Morgan fingerprint density at radius 2 is 0.948 bits per heavy atom. The van der Waals surface area contributed by atoms with Crippen molar-refractivity contribution in [3.63, 3.8) is 0 Å². The van der Waals surface area contributed by atoms with Crippen molar-refractivity contribution in [2.45, 2.75) is 65.7 Å². The van der Waals surface area contributed by atoms with Crippen molar-refractivity contribution in [2.75, 3.05) is 11.9 Å². The third-order valence-corrected chi connectivity index (χ3v) is 9.49. The largest absolute Gasteiger partial charge is 0.493 e. The number of aryl methyl sites for hydroxylation is 2. The first-order valence-electron chi connectivity index (χ1n) is 19.0. The summed E-state index contributed by atoms with van der Waals surface area (Å²) in [7, 11) is -3.04. The standard InChI is InChI=1S/C30H34O3.C8H7BrO.C6H8B2O4.CH2Cl2/c1-3-4-5-6-7-8-9-18-33-30-17-16-27(20-29(30)22-32)25-14-12-24(13-15-25)26-11-10-23(2)28(19-26)21-31;1-6-2-3-8(9)4-7(6)5-10;9-7(10)5-1-2-6(4-3-5)8(11)12;2-1-3/h10-17,19-22H,3-9,18H2,1-2H3;2-5H,1H3;1-4,9-12H;1H2. The van der Waals surface area contributed by atoms with Gasteiger partial charge in [-0.25, -0.2) is 0 Å². The molecule has 0 fully saturated rings. The second-order valence-corrected chi connectivity index (χ2v) is 15.0. The Bertz CT molecular complexity index is 1950. The minimum absolute atomic E-state index is 0.194. The summed E-state index contributed by atoms with van der Waals surface area (Å²) >= 11 is 12.8. The molecule has 0 saturated carbocycles. The van der Waals surface area contributed by atoms with Gasteiger partial charge in [0.1, 0.15) is 18.3 Å². The Kier molecular flexibility index (Phi) is 24.5. The van der Waals surface area contributed by atoms with Gasteiger partial charge in [0, 0.05) is 15.6 Å². The molecule has 0 saturated heterocycles. The van der Waals surface area contributed by atoms with Crippen LogP contribution in [0.15, 0.2) is 108 Å². The molecular formula is C45H51B2BrCl2O8. The van der Waals surface area contributed by atoms with Crippen LogP contribution in [0, 0.1) is 13.8 Å². The number of carbonyl (C=O) groups is 3. The second kappa shape index (κ2) is 28.4. The minimum Gasteiger partial charge on any atom is -0.493 e. The maximum atomic E-state index is 11.7. The van der Waals surface area contributed by atoms with Crippen molar-refractivity contribution in [3.8, 4) is 28.0 Å². The molecule has 0 amide bonds. The van der Waals surface area contributed by atoms with E-state index >= 15 is 0 Å². The number of rotatable bonds is 16. The molecule has 8 nitrogen and oxygen atoms in total. The third-order valence-electron chi connectivity index (χ3n) is 9.00. The summed E-state index contributed by atoms with van der Waals surface area (Å²) in [5, 5.41) is 34.9. The highest BCUT2D eigenvalue weighted by molar-refractivity contribution is 9.10. The van der Waals surface area contributed by atoms with E-state index < -0.39 is 14.2 Å². The fourth-order valence-electron chi connectivity index (χ4n) is 5.57. The molecule has 0 aliphatic heterocycles. The second-order valence-electron chi connectivity index (χ2n) is 13.2. The zero-order valence-electron chi connectivity index (χ0n) is 33.1. The van der Waals surface area contributed by atoms with Gasteiger partial charge in [0.15, 0.2) is 6.29 Å². The molecule has 0 aliphatic rings. The van der Waals surface area contributed by atoms with Crippen molar-refractivity contribution in [2.24, 2.45) is 0 Å².